The van der Waals surface area contributed by atoms with Crippen LogP contribution in [0.2, 0.25) is 5.02 Å². The van der Waals surface area contributed by atoms with Crippen molar-refractivity contribution in [2.45, 2.75) is 46.1 Å². The van der Waals surface area contributed by atoms with E-state index in [1.165, 1.54) is 23.9 Å². The summed E-state index contributed by atoms with van der Waals surface area (Å²) in [6.07, 6.45) is 5.47. The van der Waals surface area contributed by atoms with Crippen LogP contribution >= 0.6 is 11.6 Å². The highest BCUT2D eigenvalue weighted by Gasteiger charge is 2.59. The molecule has 3 rings (SSSR count). The predicted molar refractivity (Wildman–Crippen MR) is 81.1 cm³/mol. The topological polar surface area (TPSA) is 46.9 Å². The SMILES string of the molecule is Cn1ncc(NC2C3(C)CCC(C3)C2(C)C)c(Cl)c1=O. The fourth-order valence-electron chi connectivity index (χ4n) is 4.43. The van der Waals surface area contributed by atoms with Gasteiger partial charge in [-0.05, 0) is 36.0 Å². The van der Waals surface area contributed by atoms with Gasteiger partial charge in [-0.1, -0.05) is 32.4 Å². The summed E-state index contributed by atoms with van der Waals surface area (Å²) in [5, 5.41) is 7.84. The molecular weight excluding hydrogens is 274 g/mol. The van der Waals surface area contributed by atoms with Gasteiger partial charge in [0.15, 0.2) is 0 Å². The van der Waals surface area contributed by atoms with Crippen LogP contribution in [-0.2, 0) is 7.05 Å². The van der Waals surface area contributed by atoms with Gasteiger partial charge in [0.1, 0.15) is 5.02 Å². The number of aryl methyl sites for hydroxylation is 1. The first-order chi connectivity index (χ1) is 9.25. The highest BCUT2D eigenvalue weighted by Crippen LogP contribution is 2.63. The number of hydrogen-bond acceptors (Lipinski definition) is 3. The Morgan fingerprint density at radius 2 is 2.15 bits per heavy atom. The lowest BCUT2D eigenvalue weighted by atomic mass is 9.68. The van der Waals surface area contributed by atoms with Crippen molar-refractivity contribution in [1.82, 2.24) is 9.78 Å². The first-order valence-corrected chi connectivity index (χ1v) is 7.62. The van der Waals surface area contributed by atoms with Gasteiger partial charge in [-0.3, -0.25) is 4.79 Å². The number of nitrogens with one attached hydrogen (secondary N) is 1. The Kier molecular flexibility index (Phi) is 2.95. The zero-order chi connectivity index (χ0) is 14.7. The van der Waals surface area contributed by atoms with E-state index in [2.05, 4.69) is 31.2 Å². The Balaban J connectivity index is 1.96. The van der Waals surface area contributed by atoms with Crippen LogP contribution in [0.1, 0.15) is 40.0 Å². The Morgan fingerprint density at radius 3 is 2.75 bits per heavy atom. The number of anilines is 1. The summed E-state index contributed by atoms with van der Waals surface area (Å²) in [6.45, 7) is 6.99. The quantitative estimate of drug-likeness (QED) is 0.912. The molecule has 4 nitrogen and oxygen atoms in total. The Labute approximate surface area is 124 Å². The van der Waals surface area contributed by atoms with Crippen molar-refractivity contribution in [3.8, 4) is 0 Å². The third kappa shape index (κ3) is 1.80. The number of halogens is 1. The van der Waals surface area contributed by atoms with Crippen LogP contribution in [-0.4, -0.2) is 15.8 Å². The van der Waals surface area contributed by atoms with Crippen molar-refractivity contribution in [2.24, 2.45) is 23.8 Å². The van der Waals surface area contributed by atoms with Gasteiger partial charge < -0.3 is 5.32 Å². The van der Waals surface area contributed by atoms with Crippen LogP contribution in [0.15, 0.2) is 11.0 Å². The van der Waals surface area contributed by atoms with Gasteiger partial charge in [0.25, 0.3) is 5.56 Å². The molecule has 3 atom stereocenters. The van der Waals surface area contributed by atoms with Crippen LogP contribution in [0.4, 0.5) is 5.69 Å². The summed E-state index contributed by atoms with van der Waals surface area (Å²) in [6, 6.07) is 0.333. The molecule has 20 heavy (non-hydrogen) atoms. The molecule has 110 valence electrons. The Morgan fingerprint density at radius 1 is 1.45 bits per heavy atom. The molecule has 2 aliphatic carbocycles. The molecule has 1 aromatic heterocycles. The first-order valence-electron chi connectivity index (χ1n) is 7.24. The van der Waals surface area contributed by atoms with E-state index in [4.69, 9.17) is 11.6 Å². The van der Waals surface area contributed by atoms with E-state index in [1.54, 1.807) is 13.2 Å². The molecule has 0 amide bonds. The van der Waals surface area contributed by atoms with Crippen LogP contribution in [0, 0.1) is 16.7 Å². The molecule has 0 saturated heterocycles. The number of aromatic nitrogens is 2. The predicted octanol–water partition coefficient (Wildman–Crippen LogP) is 3.06. The van der Waals surface area contributed by atoms with Crippen molar-refractivity contribution in [1.29, 1.82) is 0 Å². The molecule has 0 aliphatic heterocycles. The summed E-state index contributed by atoms with van der Waals surface area (Å²) in [5.41, 5.74) is 0.931. The third-order valence-electron chi connectivity index (χ3n) is 5.65. The normalized spacial score (nSPS) is 34.5. The van der Waals surface area contributed by atoms with E-state index in [9.17, 15) is 4.79 Å². The van der Waals surface area contributed by atoms with E-state index >= 15 is 0 Å². The zero-order valence-corrected chi connectivity index (χ0v) is 13.3. The van der Waals surface area contributed by atoms with E-state index < -0.39 is 0 Å². The van der Waals surface area contributed by atoms with E-state index in [-0.39, 0.29) is 16.0 Å². The molecule has 2 bridgehead atoms. The summed E-state index contributed by atoms with van der Waals surface area (Å²) in [5.74, 6) is 0.753. The molecule has 0 spiro atoms. The summed E-state index contributed by atoms with van der Waals surface area (Å²) in [4.78, 5) is 11.9. The fourth-order valence-corrected chi connectivity index (χ4v) is 4.65. The van der Waals surface area contributed by atoms with Crippen molar-refractivity contribution in [3.05, 3.63) is 21.6 Å². The Hall–Kier alpha value is -1.03. The standard InChI is InChI=1S/C15H22ClN3O/c1-14(2)9-5-6-15(3,7-9)13(14)18-10-8-17-19(4)12(20)11(10)16/h8-9,13,18H,5-7H2,1-4H3. The average Bonchev–Trinajstić information content (AvgIpc) is 2.85. The highest BCUT2D eigenvalue weighted by atomic mass is 35.5. The van der Waals surface area contributed by atoms with Gasteiger partial charge in [-0.25, -0.2) is 4.68 Å². The molecule has 0 radical (unpaired) electrons. The smallest absolute Gasteiger partial charge is 0.287 e. The van der Waals surface area contributed by atoms with Crippen molar-refractivity contribution in [3.63, 3.8) is 0 Å². The number of nitrogens with zero attached hydrogens (tertiary/aromatic N) is 2. The second kappa shape index (κ2) is 4.23. The monoisotopic (exact) mass is 295 g/mol. The molecule has 1 N–H and O–H groups in total. The summed E-state index contributed by atoms with van der Waals surface area (Å²) < 4.78 is 1.27. The second-order valence-electron chi connectivity index (χ2n) is 7.29. The molecule has 3 unspecified atom stereocenters. The molecule has 1 aromatic rings. The van der Waals surface area contributed by atoms with Crippen LogP contribution in [0.25, 0.3) is 0 Å². The van der Waals surface area contributed by atoms with Gasteiger partial charge in [0.2, 0.25) is 0 Å². The van der Waals surface area contributed by atoms with Gasteiger partial charge >= 0.3 is 0 Å². The number of hydrogen-bond donors (Lipinski definition) is 1. The molecule has 5 heteroatoms. The van der Waals surface area contributed by atoms with E-state index in [0.29, 0.717) is 17.1 Å². The molecule has 2 saturated carbocycles. The minimum absolute atomic E-state index is 0.220. The molecule has 2 fully saturated rings. The maximum Gasteiger partial charge on any atom is 0.287 e. The Bertz CT molecular complexity index is 605. The van der Waals surface area contributed by atoms with Gasteiger partial charge in [0.05, 0.1) is 11.9 Å². The molecule has 1 heterocycles. The first kappa shape index (κ1) is 13.9. The molecule has 2 aliphatic rings. The zero-order valence-electron chi connectivity index (χ0n) is 12.5. The van der Waals surface area contributed by atoms with Gasteiger partial charge in [-0.2, -0.15) is 5.10 Å². The van der Waals surface area contributed by atoms with Crippen LogP contribution in [0.3, 0.4) is 0 Å². The average molecular weight is 296 g/mol. The lowest BCUT2D eigenvalue weighted by Crippen LogP contribution is -2.46. The second-order valence-corrected chi connectivity index (χ2v) is 7.67. The minimum atomic E-state index is -0.247. The number of fused-ring (bicyclic) bond motifs is 2. The minimum Gasteiger partial charge on any atom is -0.379 e. The number of rotatable bonds is 2. The van der Waals surface area contributed by atoms with Gasteiger partial charge in [0, 0.05) is 13.1 Å². The maximum atomic E-state index is 11.9. The van der Waals surface area contributed by atoms with E-state index in [0.717, 1.165) is 5.92 Å². The van der Waals surface area contributed by atoms with Crippen LogP contribution in [0.5, 0.6) is 0 Å². The highest BCUT2D eigenvalue weighted by molar-refractivity contribution is 6.32. The van der Waals surface area contributed by atoms with Crippen molar-refractivity contribution >= 4 is 17.3 Å². The van der Waals surface area contributed by atoms with E-state index in [1.807, 2.05) is 0 Å². The lowest BCUT2D eigenvalue weighted by molar-refractivity contribution is 0.155. The summed E-state index contributed by atoms with van der Waals surface area (Å²) >= 11 is 6.18. The van der Waals surface area contributed by atoms with Crippen LogP contribution < -0.4 is 10.9 Å². The molecule has 0 aromatic carbocycles. The summed E-state index contributed by atoms with van der Waals surface area (Å²) in [7, 11) is 1.61. The third-order valence-corrected chi connectivity index (χ3v) is 6.01. The van der Waals surface area contributed by atoms with Crippen molar-refractivity contribution < 1.29 is 0 Å². The maximum absolute atomic E-state index is 11.9. The van der Waals surface area contributed by atoms with Crippen molar-refractivity contribution in [2.75, 3.05) is 5.32 Å². The van der Waals surface area contributed by atoms with Gasteiger partial charge in [-0.15, -0.1) is 0 Å². The lowest BCUT2D eigenvalue weighted by Gasteiger charge is -2.43. The largest absolute Gasteiger partial charge is 0.379 e. The fraction of sp³-hybridized carbons (Fsp3) is 0.733. The molecular formula is C15H22ClN3O.